The summed E-state index contributed by atoms with van der Waals surface area (Å²) in [4.78, 5) is 68.8. The third-order valence-corrected chi connectivity index (χ3v) is 9.84. The van der Waals surface area contributed by atoms with Crippen molar-refractivity contribution in [3.8, 4) is 0 Å². The molecule has 0 bridgehead atoms. The lowest BCUT2D eigenvalue weighted by molar-refractivity contribution is -0.315. The Bertz CT molecular complexity index is 2190. The summed E-state index contributed by atoms with van der Waals surface area (Å²) in [6, 6.07) is 31.5. The van der Waals surface area contributed by atoms with Crippen LogP contribution in [0.15, 0.2) is 126 Å². The number of methoxy groups -OCH3 is 1. The molecule has 0 unspecified atom stereocenters. The molecule has 0 amide bonds. The molecular formula is C45H45N3O15. The third-order valence-electron chi connectivity index (χ3n) is 9.84. The van der Waals surface area contributed by atoms with E-state index in [2.05, 4.69) is 10.0 Å². The first-order valence-corrected chi connectivity index (χ1v) is 19.8. The van der Waals surface area contributed by atoms with Crippen LogP contribution >= 0.6 is 0 Å². The third kappa shape index (κ3) is 12.3. The Morgan fingerprint density at radius 2 is 1.03 bits per heavy atom. The predicted octanol–water partition coefficient (Wildman–Crippen LogP) is 5.54. The zero-order chi connectivity index (χ0) is 44.7. The van der Waals surface area contributed by atoms with E-state index < -0.39 is 104 Å². The molecule has 0 radical (unpaired) electrons. The normalized spacial score (nSPS) is 25.3. The molecule has 4 aromatic rings. The van der Waals surface area contributed by atoms with Gasteiger partial charge >= 0.3 is 29.8 Å². The van der Waals surface area contributed by atoms with Crippen LogP contribution in [-0.4, -0.2) is 112 Å². The van der Waals surface area contributed by atoms with E-state index in [-0.39, 0.29) is 23.3 Å². The quantitative estimate of drug-likeness (QED) is 0.0418. The van der Waals surface area contributed by atoms with Gasteiger partial charge in [-0.25, -0.2) is 14.4 Å². The van der Waals surface area contributed by atoms with Crippen LogP contribution in [0.3, 0.4) is 0 Å². The fourth-order valence-electron chi connectivity index (χ4n) is 6.93. The van der Waals surface area contributed by atoms with Crippen molar-refractivity contribution < 1.29 is 71.3 Å². The molecular weight excluding hydrogens is 823 g/mol. The SMILES string of the molecule is CO[C@H]1O[C@H](CO[C@H]2O[C@H](COC(C)=O)[C@@H](OCc3ccccc3)[C@H](OC(C)=O)[C@H]2N=[N+]=[N-])[C@@H](OC(=O)c2ccccc2)[C@H](OC(=O)c2ccccc2)[C@H]1OC(=O)c1ccccc1. The number of ether oxygens (including phenoxy) is 10. The summed E-state index contributed by atoms with van der Waals surface area (Å²) in [7, 11) is 1.26. The van der Waals surface area contributed by atoms with Crippen molar-refractivity contribution in [2.45, 2.75) is 81.8 Å². The molecule has 18 heteroatoms. The highest BCUT2D eigenvalue weighted by atomic mass is 16.7. The highest BCUT2D eigenvalue weighted by Gasteiger charge is 2.55. The fourth-order valence-corrected chi connectivity index (χ4v) is 6.93. The molecule has 330 valence electrons. The lowest BCUT2D eigenvalue weighted by Crippen LogP contribution is -2.64. The minimum absolute atomic E-state index is 0.000397. The van der Waals surface area contributed by atoms with E-state index in [0.29, 0.717) is 0 Å². The summed E-state index contributed by atoms with van der Waals surface area (Å²) in [5, 5.41) is 3.89. The number of nitrogens with zero attached hydrogens (tertiary/aromatic N) is 3. The Labute approximate surface area is 361 Å². The van der Waals surface area contributed by atoms with Gasteiger partial charge in [0.2, 0.25) is 0 Å². The smallest absolute Gasteiger partial charge is 0.338 e. The van der Waals surface area contributed by atoms with E-state index in [1.54, 1.807) is 78.9 Å². The van der Waals surface area contributed by atoms with Gasteiger partial charge in [0.25, 0.3) is 0 Å². The minimum atomic E-state index is -1.60. The largest absolute Gasteiger partial charge is 0.463 e. The van der Waals surface area contributed by atoms with Crippen molar-refractivity contribution in [3.63, 3.8) is 0 Å². The first-order chi connectivity index (χ1) is 30.6. The van der Waals surface area contributed by atoms with Crippen molar-refractivity contribution in [2.24, 2.45) is 5.11 Å². The summed E-state index contributed by atoms with van der Waals surface area (Å²) in [5.74, 6) is -3.97. The Kier molecular flexibility index (Phi) is 16.3. The number of carbonyl (C=O) groups is 5. The highest BCUT2D eigenvalue weighted by molar-refractivity contribution is 5.91. The molecule has 0 spiro atoms. The van der Waals surface area contributed by atoms with E-state index >= 15 is 0 Å². The zero-order valence-electron chi connectivity index (χ0n) is 34.4. The van der Waals surface area contributed by atoms with Crippen molar-refractivity contribution in [1.29, 1.82) is 0 Å². The van der Waals surface area contributed by atoms with Crippen LogP contribution in [0.25, 0.3) is 10.4 Å². The van der Waals surface area contributed by atoms with Gasteiger partial charge < -0.3 is 47.4 Å². The molecule has 0 saturated carbocycles. The molecule has 0 N–H and O–H groups in total. The van der Waals surface area contributed by atoms with Gasteiger partial charge in [-0.15, -0.1) is 0 Å². The summed E-state index contributed by atoms with van der Waals surface area (Å²) in [5.41, 5.74) is 10.9. The lowest BCUT2D eigenvalue weighted by atomic mass is 9.96. The van der Waals surface area contributed by atoms with Crippen molar-refractivity contribution in [3.05, 3.63) is 154 Å². The fraction of sp³-hybridized carbons (Fsp3) is 0.356. The van der Waals surface area contributed by atoms with Crippen molar-refractivity contribution >= 4 is 29.8 Å². The molecule has 10 atom stereocenters. The van der Waals surface area contributed by atoms with E-state index in [4.69, 9.17) is 47.4 Å². The van der Waals surface area contributed by atoms with Crippen LogP contribution in [-0.2, 0) is 63.6 Å². The standard InChI is InChI=1S/C45H45N3O15/c1-27(49)55-25-33-36(56-24-29-16-8-4-9-17-29)38(58-28(2)50)35(47-48-46)44(59-33)57-26-34-37(61-41(51)30-18-10-5-11-19-30)39(62-42(52)31-20-12-6-13-21-31)40(45(54-3)60-34)63-43(53)32-22-14-7-15-23-32/h4-23,33-40,44-45H,24-26H2,1-3H3/t33-,34-,35-,36-,37-,38-,39+,40-,44+,45+/m1/s1. The van der Waals surface area contributed by atoms with Gasteiger partial charge in [0.15, 0.2) is 30.9 Å². The molecule has 4 aromatic carbocycles. The lowest BCUT2D eigenvalue weighted by Gasteiger charge is -2.46. The first kappa shape index (κ1) is 45.9. The number of benzene rings is 4. The second-order valence-electron chi connectivity index (χ2n) is 14.2. The summed E-state index contributed by atoms with van der Waals surface area (Å²) < 4.78 is 59.9. The van der Waals surface area contributed by atoms with Crippen LogP contribution in [0.1, 0.15) is 50.5 Å². The average molecular weight is 868 g/mol. The molecule has 0 aromatic heterocycles. The van der Waals surface area contributed by atoms with E-state index in [1.807, 2.05) is 6.07 Å². The Morgan fingerprint density at radius 3 is 1.52 bits per heavy atom. The zero-order valence-corrected chi connectivity index (χ0v) is 34.4. The minimum Gasteiger partial charge on any atom is -0.463 e. The van der Waals surface area contributed by atoms with E-state index in [0.717, 1.165) is 12.5 Å². The van der Waals surface area contributed by atoms with Crippen LogP contribution in [0.2, 0.25) is 0 Å². The molecule has 6 rings (SSSR count). The van der Waals surface area contributed by atoms with Gasteiger partial charge in [0.05, 0.1) is 29.9 Å². The van der Waals surface area contributed by atoms with Crippen LogP contribution in [0.4, 0.5) is 0 Å². The molecule has 2 fully saturated rings. The number of hydrogen-bond acceptors (Lipinski definition) is 16. The molecule has 0 aliphatic carbocycles. The predicted molar refractivity (Wildman–Crippen MR) is 217 cm³/mol. The topological polar surface area (TPSA) is 226 Å². The average Bonchev–Trinajstić information content (AvgIpc) is 3.30. The molecule has 2 aliphatic rings. The second-order valence-corrected chi connectivity index (χ2v) is 14.2. The van der Waals surface area contributed by atoms with Crippen molar-refractivity contribution in [2.75, 3.05) is 20.3 Å². The number of rotatable bonds is 17. The summed E-state index contributed by atoms with van der Waals surface area (Å²) in [6.45, 7) is 1.37. The molecule has 18 nitrogen and oxygen atoms in total. The van der Waals surface area contributed by atoms with E-state index in [1.165, 1.54) is 50.4 Å². The van der Waals surface area contributed by atoms with Crippen molar-refractivity contribution in [1.82, 2.24) is 0 Å². The number of hydrogen-bond donors (Lipinski definition) is 0. The van der Waals surface area contributed by atoms with Gasteiger partial charge in [0, 0.05) is 25.9 Å². The molecule has 63 heavy (non-hydrogen) atoms. The number of esters is 5. The Morgan fingerprint density at radius 1 is 0.556 bits per heavy atom. The van der Waals surface area contributed by atoms with Gasteiger partial charge in [0.1, 0.15) is 37.1 Å². The maximum atomic E-state index is 13.8. The van der Waals surface area contributed by atoms with Gasteiger partial charge in [-0.2, -0.15) is 0 Å². The molecule has 2 aliphatic heterocycles. The van der Waals surface area contributed by atoms with Crippen LogP contribution < -0.4 is 0 Å². The van der Waals surface area contributed by atoms with Crippen LogP contribution in [0, 0.1) is 0 Å². The maximum Gasteiger partial charge on any atom is 0.338 e. The maximum absolute atomic E-state index is 13.8. The molecule has 2 saturated heterocycles. The number of azide groups is 1. The van der Waals surface area contributed by atoms with Gasteiger partial charge in [-0.05, 0) is 47.5 Å². The molecule has 2 heterocycles. The van der Waals surface area contributed by atoms with E-state index in [9.17, 15) is 29.5 Å². The number of carbonyl (C=O) groups excluding carboxylic acids is 5. The first-order valence-electron chi connectivity index (χ1n) is 19.8. The van der Waals surface area contributed by atoms with Crippen LogP contribution in [0.5, 0.6) is 0 Å². The second kappa shape index (κ2) is 22.4. The monoisotopic (exact) mass is 867 g/mol. The van der Waals surface area contributed by atoms with Gasteiger partial charge in [-0.3, -0.25) is 9.59 Å². The van der Waals surface area contributed by atoms with Gasteiger partial charge in [-0.1, -0.05) is 90.0 Å². The summed E-state index contributed by atoms with van der Waals surface area (Å²) in [6.07, 6.45) is -12.8. The Balaban J connectivity index is 1.36. The Hall–Kier alpha value is -6.66. The highest BCUT2D eigenvalue weighted by Crippen LogP contribution is 2.34. The summed E-state index contributed by atoms with van der Waals surface area (Å²) >= 11 is 0.